The van der Waals surface area contributed by atoms with Gasteiger partial charge in [0.2, 0.25) is 0 Å². The van der Waals surface area contributed by atoms with E-state index < -0.39 is 18.1 Å². The van der Waals surface area contributed by atoms with Crippen LogP contribution >= 0.6 is 0 Å². The highest BCUT2D eigenvalue weighted by atomic mass is 16.4. The van der Waals surface area contributed by atoms with Crippen LogP contribution in [0.4, 0.5) is 0 Å². The first kappa shape index (κ1) is 14.8. The number of hydrogen-bond donors (Lipinski definition) is 2. The van der Waals surface area contributed by atoms with Gasteiger partial charge in [-0.2, -0.15) is 0 Å². The standard InChI is InChI=1S/C14H26N2O3/c1-11-4-7-15(8-5-11)9-12(17)10-16-6-2-3-13(16)14(18)19/h11-13,17H,2-10H2,1H3,(H,18,19)/t12-,13+/m0/s1. The van der Waals surface area contributed by atoms with Crippen molar-refractivity contribution in [1.29, 1.82) is 0 Å². The number of aliphatic carboxylic acids is 1. The third-order valence-corrected chi connectivity index (χ3v) is 4.44. The number of carboxylic acids is 1. The quantitative estimate of drug-likeness (QED) is 0.767. The van der Waals surface area contributed by atoms with Crippen LogP contribution in [-0.4, -0.2) is 70.9 Å². The Morgan fingerprint density at radius 2 is 1.89 bits per heavy atom. The summed E-state index contributed by atoms with van der Waals surface area (Å²) in [6.45, 7) is 6.35. The number of hydrogen-bond acceptors (Lipinski definition) is 4. The number of piperidine rings is 1. The largest absolute Gasteiger partial charge is 0.480 e. The Kier molecular flexibility index (Phi) is 5.19. The zero-order valence-corrected chi connectivity index (χ0v) is 11.8. The van der Waals surface area contributed by atoms with E-state index in [0.717, 1.165) is 32.0 Å². The second-order valence-electron chi connectivity index (χ2n) is 6.13. The molecule has 0 radical (unpaired) electrons. The van der Waals surface area contributed by atoms with Crippen LogP contribution in [0.25, 0.3) is 0 Å². The third kappa shape index (κ3) is 4.16. The van der Waals surface area contributed by atoms with Gasteiger partial charge in [-0.05, 0) is 51.2 Å². The van der Waals surface area contributed by atoms with Gasteiger partial charge >= 0.3 is 5.97 Å². The molecule has 0 aromatic rings. The van der Waals surface area contributed by atoms with Gasteiger partial charge in [0.25, 0.3) is 0 Å². The van der Waals surface area contributed by atoms with Crippen molar-refractivity contribution < 1.29 is 15.0 Å². The SMILES string of the molecule is CC1CCN(C[C@H](O)CN2CCC[C@@H]2C(=O)O)CC1. The van der Waals surface area contributed by atoms with Gasteiger partial charge in [0, 0.05) is 13.1 Å². The first-order chi connectivity index (χ1) is 9.06. The third-order valence-electron chi connectivity index (χ3n) is 4.44. The molecule has 19 heavy (non-hydrogen) atoms. The molecule has 2 N–H and O–H groups in total. The lowest BCUT2D eigenvalue weighted by molar-refractivity contribution is -0.142. The molecule has 0 unspecified atom stereocenters. The Morgan fingerprint density at radius 1 is 1.21 bits per heavy atom. The van der Waals surface area contributed by atoms with Crippen molar-refractivity contribution in [3.05, 3.63) is 0 Å². The first-order valence-corrected chi connectivity index (χ1v) is 7.43. The molecule has 2 aliphatic rings. The Labute approximate surface area is 115 Å². The van der Waals surface area contributed by atoms with Crippen molar-refractivity contribution >= 4 is 5.97 Å². The second kappa shape index (κ2) is 6.68. The van der Waals surface area contributed by atoms with Gasteiger partial charge in [0.1, 0.15) is 6.04 Å². The molecule has 2 rings (SSSR count). The van der Waals surface area contributed by atoms with Crippen LogP contribution in [0.2, 0.25) is 0 Å². The molecular formula is C14H26N2O3. The molecule has 2 saturated heterocycles. The fraction of sp³-hybridized carbons (Fsp3) is 0.929. The van der Waals surface area contributed by atoms with Gasteiger partial charge < -0.3 is 15.1 Å². The maximum Gasteiger partial charge on any atom is 0.320 e. The zero-order valence-electron chi connectivity index (χ0n) is 11.8. The molecule has 2 aliphatic heterocycles. The molecule has 0 amide bonds. The van der Waals surface area contributed by atoms with Gasteiger partial charge in [-0.15, -0.1) is 0 Å². The molecule has 110 valence electrons. The number of nitrogens with zero attached hydrogens (tertiary/aromatic N) is 2. The van der Waals surface area contributed by atoms with E-state index in [1.165, 1.54) is 12.8 Å². The molecule has 0 saturated carbocycles. The summed E-state index contributed by atoms with van der Waals surface area (Å²) in [5.41, 5.74) is 0. The summed E-state index contributed by atoms with van der Waals surface area (Å²) < 4.78 is 0. The fourth-order valence-corrected chi connectivity index (χ4v) is 3.20. The number of aliphatic hydroxyl groups excluding tert-OH is 1. The normalized spacial score (nSPS) is 28.6. The summed E-state index contributed by atoms with van der Waals surface area (Å²) in [6.07, 6.45) is 3.60. The lowest BCUT2D eigenvalue weighted by atomic mass is 9.99. The predicted molar refractivity (Wildman–Crippen MR) is 73.1 cm³/mol. The molecule has 0 aromatic carbocycles. The van der Waals surface area contributed by atoms with E-state index in [2.05, 4.69) is 11.8 Å². The summed E-state index contributed by atoms with van der Waals surface area (Å²) in [7, 11) is 0. The van der Waals surface area contributed by atoms with Crippen molar-refractivity contribution in [2.24, 2.45) is 5.92 Å². The molecular weight excluding hydrogens is 244 g/mol. The molecule has 5 nitrogen and oxygen atoms in total. The van der Waals surface area contributed by atoms with E-state index in [1.807, 2.05) is 4.90 Å². The summed E-state index contributed by atoms with van der Waals surface area (Å²) in [6, 6.07) is -0.393. The van der Waals surface area contributed by atoms with E-state index in [0.29, 0.717) is 19.5 Å². The van der Waals surface area contributed by atoms with Crippen LogP contribution in [0.1, 0.15) is 32.6 Å². The van der Waals surface area contributed by atoms with Gasteiger partial charge in [-0.3, -0.25) is 9.69 Å². The number of likely N-dealkylation sites (tertiary alicyclic amines) is 2. The Morgan fingerprint density at radius 3 is 2.53 bits per heavy atom. The highest BCUT2D eigenvalue weighted by Gasteiger charge is 2.32. The zero-order chi connectivity index (χ0) is 13.8. The van der Waals surface area contributed by atoms with Crippen LogP contribution in [0.5, 0.6) is 0 Å². The van der Waals surface area contributed by atoms with E-state index in [4.69, 9.17) is 5.11 Å². The van der Waals surface area contributed by atoms with E-state index >= 15 is 0 Å². The molecule has 2 heterocycles. The maximum atomic E-state index is 11.1. The second-order valence-corrected chi connectivity index (χ2v) is 6.13. The Balaban J connectivity index is 1.74. The van der Waals surface area contributed by atoms with Crippen molar-refractivity contribution in [3.63, 3.8) is 0 Å². The highest BCUT2D eigenvalue weighted by molar-refractivity contribution is 5.73. The molecule has 0 aliphatic carbocycles. The van der Waals surface area contributed by atoms with Crippen molar-refractivity contribution in [1.82, 2.24) is 9.80 Å². The molecule has 2 fully saturated rings. The van der Waals surface area contributed by atoms with Crippen LogP contribution in [0.15, 0.2) is 0 Å². The maximum absolute atomic E-state index is 11.1. The number of carboxylic acid groups (broad SMARTS) is 1. The minimum absolute atomic E-state index is 0.393. The van der Waals surface area contributed by atoms with Crippen LogP contribution < -0.4 is 0 Å². The van der Waals surface area contributed by atoms with E-state index in [1.54, 1.807) is 0 Å². The monoisotopic (exact) mass is 270 g/mol. The molecule has 5 heteroatoms. The van der Waals surface area contributed by atoms with Gasteiger partial charge in [0.15, 0.2) is 0 Å². The minimum atomic E-state index is -0.753. The summed E-state index contributed by atoms with van der Waals surface area (Å²) in [4.78, 5) is 15.3. The lowest BCUT2D eigenvalue weighted by Crippen LogP contribution is -2.45. The predicted octanol–water partition coefficient (Wildman–Crippen LogP) is 0.628. The van der Waals surface area contributed by atoms with Gasteiger partial charge in [0.05, 0.1) is 6.10 Å². The summed E-state index contributed by atoms with van der Waals surface area (Å²) in [5, 5.41) is 19.3. The first-order valence-electron chi connectivity index (χ1n) is 7.43. The van der Waals surface area contributed by atoms with Crippen molar-refractivity contribution in [2.45, 2.75) is 44.8 Å². The van der Waals surface area contributed by atoms with Gasteiger partial charge in [-0.1, -0.05) is 6.92 Å². The molecule has 2 atom stereocenters. The van der Waals surface area contributed by atoms with Crippen LogP contribution in [-0.2, 0) is 4.79 Å². The average Bonchev–Trinajstić information content (AvgIpc) is 2.80. The smallest absolute Gasteiger partial charge is 0.320 e. The number of carbonyl (C=O) groups is 1. The van der Waals surface area contributed by atoms with Crippen LogP contribution in [0.3, 0.4) is 0 Å². The number of β-amino-alcohol motifs (C(OH)–C–C–N with tert-alkyl or cyclic N) is 1. The molecule has 0 aromatic heterocycles. The highest BCUT2D eigenvalue weighted by Crippen LogP contribution is 2.19. The summed E-state index contributed by atoms with van der Waals surface area (Å²) in [5.74, 6) is 0.0415. The molecule has 0 bridgehead atoms. The Hall–Kier alpha value is -0.650. The minimum Gasteiger partial charge on any atom is -0.480 e. The topological polar surface area (TPSA) is 64.0 Å². The van der Waals surface area contributed by atoms with Crippen molar-refractivity contribution in [3.8, 4) is 0 Å². The number of rotatable bonds is 5. The molecule has 0 spiro atoms. The Bertz CT molecular complexity index is 303. The average molecular weight is 270 g/mol. The van der Waals surface area contributed by atoms with Crippen LogP contribution in [0, 0.1) is 5.92 Å². The summed E-state index contributed by atoms with van der Waals surface area (Å²) >= 11 is 0. The van der Waals surface area contributed by atoms with Crippen molar-refractivity contribution in [2.75, 3.05) is 32.7 Å². The van der Waals surface area contributed by atoms with E-state index in [-0.39, 0.29) is 0 Å². The number of aliphatic hydroxyl groups is 1. The fourth-order valence-electron chi connectivity index (χ4n) is 3.20. The van der Waals surface area contributed by atoms with E-state index in [9.17, 15) is 9.90 Å². The van der Waals surface area contributed by atoms with Gasteiger partial charge in [-0.25, -0.2) is 0 Å². The lowest BCUT2D eigenvalue weighted by Gasteiger charge is -2.33.